The number of halogens is 4. The average molecular weight is 408 g/mol. The molecule has 0 radical (unpaired) electrons. The molecule has 1 atom stereocenters. The summed E-state index contributed by atoms with van der Waals surface area (Å²) in [6.07, 6.45) is 2.27. The highest BCUT2D eigenvalue weighted by Crippen LogP contribution is 2.23. The molecular formula is C12H18BrClF2N2O2S. The number of unbranched alkanes of at least 4 members (excludes halogenated alkanes) is 1. The van der Waals surface area contributed by atoms with Crippen LogP contribution in [-0.2, 0) is 10.0 Å². The van der Waals surface area contributed by atoms with Crippen molar-refractivity contribution in [2.75, 3.05) is 6.54 Å². The van der Waals surface area contributed by atoms with Gasteiger partial charge in [0.25, 0.3) is 0 Å². The van der Waals surface area contributed by atoms with Crippen LogP contribution in [0.25, 0.3) is 0 Å². The lowest BCUT2D eigenvalue weighted by Gasteiger charge is -2.17. The van der Waals surface area contributed by atoms with Crippen LogP contribution >= 0.6 is 28.3 Å². The lowest BCUT2D eigenvalue weighted by atomic mass is 10.1. The summed E-state index contributed by atoms with van der Waals surface area (Å²) in [5.74, 6) is -1.99. The van der Waals surface area contributed by atoms with E-state index in [9.17, 15) is 17.2 Å². The van der Waals surface area contributed by atoms with Gasteiger partial charge in [-0.2, -0.15) is 0 Å². The normalized spacial score (nSPS) is 12.8. The van der Waals surface area contributed by atoms with E-state index in [1.165, 1.54) is 0 Å². The number of hydrogen-bond acceptors (Lipinski definition) is 3. The molecule has 0 saturated heterocycles. The van der Waals surface area contributed by atoms with Crippen molar-refractivity contribution in [3.63, 3.8) is 0 Å². The maximum absolute atomic E-state index is 13.6. The fraction of sp³-hybridized carbons (Fsp3) is 0.500. The Kier molecular flexibility index (Phi) is 8.87. The minimum Gasteiger partial charge on any atom is -0.329 e. The van der Waals surface area contributed by atoms with Crippen molar-refractivity contribution in [1.29, 1.82) is 0 Å². The van der Waals surface area contributed by atoms with E-state index in [0.29, 0.717) is 12.5 Å². The second-order valence-electron chi connectivity index (χ2n) is 4.39. The number of nitrogens with one attached hydrogen (secondary N) is 1. The lowest BCUT2D eigenvalue weighted by molar-refractivity contribution is 0.506. The maximum Gasteiger partial charge on any atom is 0.243 e. The number of rotatable bonds is 7. The van der Waals surface area contributed by atoms with Gasteiger partial charge in [0.1, 0.15) is 16.5 Å². The van der Waals surface area contributed by atoms with Crippen molar-refractivity contribution >= 4 is 38.4 Å². The number of benzene rings is 1. The molecule has 0 saturated carbocycles. The van der Waals surface area contributed by atoms with Gasteiger partial charge in [0.05, 0.1) is 4.47 Å². The third-order valence-corrected chi connectivity index (χ3v) is 4.92. The number of sulfonamides is 1. The van der Waals surface area contributed by atoms with Gasteiger partial charge in [0.2, 0.25) is 10.0 Å². The molecule has 0 spiro atoms. The fourth-order valence-electron chi connectivity index (χ4n) is 1.67. The molecule has 0 aliphatic heterocycles. The molecule has 0 aliphatic rings. The molecule has 0 heterocycles. The summed E-state index contributed by atoms with van der Waals surface area (Å²) in [6, 6.07) is 0.964. The Morgan fingerprint density at radius 2 is 1.95 bits per heavy atom. The molecule has 1 aromatic rings. The van der Waals surface area contributed by atoms with Crippen molar-refractivity contribution in [2.45, 2.75) is 37.1 Å². The van der Waals surface area contributed by atoms with E-state index in [2.05, 4.69) is 20.7 Å². The Balaban J connectivity index is 0.00000400. The summed E-state index contributed by atoms with van der Waals surface area (Å²) in [4.78, 5) is -0.597. The molecule has 0 aliphatic carbocycles. The first-order valence-electron chi connectivity index (χ1n) is 6.18. The first-order valence-corrected chi connectivity index (χ1v) is 8.46. The number of hydrogen-bond donors (Lipinski definition) is 2. The standard InChI is InChI=1S/C12H17BrF2N2O2S.ClH/c1-2-3-4-8(7-16)17-20(18,19)12-5-9(13)10(14)6-11(12)15;/h5-6,8,17H,2-4,7,16H2,1H3;1H. The van der Waals surface area contributed by atoms with E-state index in [0.717, 1.165) is 18.9 Å². The van der Waals surface area contributed by atoms with E-state index >= 15 is 0 Å². The fourth-order valence-corrected chi connectivity index (χ4v) is 3.53. The van der Waals surface area contributed by atoms with Gasteiger partial charge in [0.15, 0.2) is 0 Å². The van der Waals surface area contributed by atoms with Gasteiger partial charge in [-0.25, -0.2) is 21.9 Å². The van der Waals surface area contributed by atoms with E-state index in [4.69, 9.17) is 5.73 Å². The van der Waals surface area contributed by atoms with E-state index in [1.807, 2.05) is 6.92 Å². The van der Waals surface area contributed by atoms with E-state index in [-0.39, 0.29) is 23.4 Å². The highest BCUT2D eigenvalue weighted by Gasteiger charge is 2.24. The molecule has 0 bridgehead atoms. The largest absolute Gasteiger partial charge is 0.329 e. The first kappa shape index (κ1) is 20.7. The van der Waals surface area contributed by atoms with Crippen LogP contribution < -0.4 is 10.5 Å². The Labute approximate surface area is 138 Å². The Morgan fingerprint density at radius 1 is 1.33 bits per heavy atom. The van der Waals surface area contributed by atoms with E-state index < -0.39 is 32.6 Å². The molecule has 21 heavy (non-hydrogen) atoms. The van der Waals surface area contributed by atoms with Crippen LogP contribution in [0.5, 0.6) is 0 Å². The molecule has 122 valence electrons. The Bertz CT molecular complexity index is 573. The summed E-state index contributed by atoms with van der Waals surface area (Å²) in [7, 11) is -4.07. The predicted octanol–water partition coefficient (Wildman–Crippen LogP) is 2.94. The zero-order valence-corrected chi connectivity index (χ0v) is 14.6. The van der Waals surface area contributed by atoms with Crippen molar-refractivity contribution in [1.82, 2.24) is 4.72 Å². The SMILES string of the molecule is CCCCC(CN)NS(=O)(=O)c1cc(Br)c(F)cc1F.Cl. The zero-order chi connectivity index (χ0) is 15.3. The second kappa shape index (κ2) is 8.99. The van der Waals surface area contributed by atoms with Crippen LogP contribution in [0, 0.1) is 11.6 Å². The van der Waals surface area contributed by atoms with Crippen LogP contribution in [0.1, 0.15) is 26.2 Å². The molecule has 1 unspecified atom stereocenters. The Hall–Kier alpha value is -0.280. The summed E-state index contributed by atoms with van der Waals surface area (Å²) >= 11 is 2.84. The molecule has 0 amide bonds. The summed E-state index contributed by atoms with van der Waals surface area (Å²) in [6.45, 7) is 2.09. The third-order valence-electron chi connectivity index (χ3n) is 2.78. The van der Waals surface area contributed by atoms with Crippen LogP contribution in [0.15, 0.2) is 21.5 Å². The second-order valence-corrected chi connectivity index (χ2v) is 6.93. The van der Waals surface area contributed by atoms with Gasteiger partial charge in [-0.3, -0.25) is 0 Å². The minimum atomic E-state index is -4.07. The van der Waals surface area contributed by atoms with Gasteiger partial charge in [-0.15, -0.1) is 12.4 Å². The molecule has 1 aromatic carbocycles. The van der Waals surface area contributed by atoms with E-state index in [1.54, 1.807) is 0 Å². The van der Waals surface area contributed by atoms with Crippen LogP contribution in [0.3, 0.4) is 0 Å². The quantitative estimate of drug-likeness (QED) is 0.683. The molecule has 4 nitrogen and oxygen atoms in total. The molecule has 1 rings (SSSR count). The molecular weight excluding hydrogens is 390 g/mol. The molecule has 0 aromatic heterocycles. The Morgan fingerprint density at radius 3 is 2.48 bits per heavy atom. The van der Waals surface area contributed by atoms with Crippen LogP contribution in [0.4, 0.5) is 8.78 Å². The van der Waals surface area contributed by atoms with Gasteiger partial charge >= 0.3 is 0 Å². The minimum absolute atomic E-state index is 0. The highest BCUT2D eigenvalue weighted by atomic mass is 79.9. The third kappa shape index (κ3) is 5.78. The van der Waals surface area contributed by atoms with Gasteiger partial charge in [-0.05, 0) is 28.4 Å². The summed E-state index contributed by atoms with van der Waals surface area (Å²) < 4.78 is 53.2. The van der Waals surface area contributed by atoms with Crippen molar-refractivity contribution in [3.8, 4) is 0 Å². The summed E-state index contributed by atoms with van der Waals surface area (Å²) in [5, 5.41) is 0. The highest BCUT2D eigenvalue weighted by molar-refractivity contribution is 9.10. The average Bonchev–Trinajstić information content (AvgIpc) is 2.38. The topological polar surface area (TPSA) is 72.2 Å². The number of nitrogens with two attached hydrogens (primary N) is 1. The van der Waals surface area contributed by atoms with Crippen molar-refractivity contribution in [2.24, 2.45) is 5.73 Å². The molecule has 0 fully saturated rings. The summed E-state index contributed by atoms with van der Waals surface area (Å²) in [5.41, 5.74) is 5.50. The van der Waals surface area contributed by atoms with Gasteiger partial charge in [0, 0.05) is 18.7 Å². The molecule has 9 heteroatoms. The zero-order valence-electron chi connectivity index (χ0n) is 11.4. The molecule has 3 N–H and O–H groups in total. The van der Waals surface area contributed by atoms with Crippen LogP contribution in [-0.4, -0.2) is 21.0 Å². The van der Waals surface area contributed by atoms with Crippen molar-refractivity contribution in [3.05, 3.63) is 28.2 Å². The van der Waals surface area contributed by atoms with Crippen LogP contribution in [0.2, 0.25) is 0 Å². The smallest absolute Gasteiger partial charge is 0.243 e. The maximum atomic E-state index is 13.6. The van der Waals surface area contributed by atoms with Gasteiger partial charge < -0.3 is 5.73 Å². The van der Waals surface area contributed by atoms with Crippen molar-refractivity contribution < 1.29 is 17.2 Å². The van der Waals surface area contributed by atoms with Gasteiger partial charge in [-0.1, -0.05) is 19.8 Å². The monoisotopic (exact) mass is 406 g/mol. The first-order chi connectivity index (χ1) is 9.31. The lowest BCUT2D eigenvalue weighted by Crippen LogP contribution is -2.40. The predicted molar refractivity (Wildman–Crippen MR) is 84.0 cm³/mol.